The third-order valence-corrected chi connectivity index (χ3v) is 4.67. The highest BCUT2D eigenvalue weighted by Crippen LogP contribution is 2.23. The maximum absolute atomic E-state index is 12.2. The molecule has 0 aliphatic carbocycles. The van der Waals surface area contributed by atoms with Gasteiger partial charge in [-0.2, -0.15) is 0 Å². The van der Waals surface area contributed by atoms with Crippen LogP contribution in [0.15, 0.2) is 53.9 Å². The van der Waals surface area contributed by atoms with Gasteiger partial charge < -0.3 is 5.32 Å². The summed E-state index contributed by atoms with van der Waals surface area (Å²) < 4.78 is 0. The van der Waals surface area contributed by atoms with E-state index < -0.39 is 0 Å². The van der Waals surface area contributed by atoms with Crippen LogP contribution >= 0.6 is 11.3 Å². The van der Waals surface area contributed by atoms with E-state index in [9.17, 15) is 4.79 Å². The standard InChI is InChI=1S/C20H20N2OS/c1-3-15-7-9-16(10-8-15)18-13-24-20(22-18)12-19(23)21-17-6-4-5-14(2)11-17/h4-11,13H,3,12H2,1-2H3,(H,21,23). The molecule has 1 heterocycles. The number of carbonyl (C=O) groups excluding carboxylic acids is 1. The quantitative estimate of drug-likeness (QED) is 0.723. The topological polar surface area (TPSA) is 42.0 Å². The van der Waals surface area contributed by atoms with Crippen LogP contribution in [-0.4, -0.2) is 10.9 Å². The van der Waals surface area contributed by atoms with E-state index in [0.29, 0.717) is 6.42 Å². The summed E-state index contributed by atoms with van der Waals surface area (Å²) in [6.07, 6.45) is 1.33. The first-order chi connectivity index (χ1) is 11.6. The molecule has 24 heavy (non-hydrogen) atoms. The number of anilines is 1. The van der Waals surface area contributed by atoms with Crippen molar-refractivity contribution in [3.05, 3.63) is 70.0 Å². The van der Waals surface area contributed by atoms with Crippen LogP contribution in [0, 0.1) is 6.92 Å². The van der Waals surface area contributed by atoms with Crippen molar-refractivity contribution < 1.29 is 4.79 Å². The van der Waals surface area contributed by atoms with Gasteiger partial charge in [-0.15, -0.1) is 11.3 Å². The summed E-state index contributed by atoms with van der Waals surface area (Å²) in [6, 6.07) is 16.2. The molecule has 0 radical (unpaired) electrons. The first kappa shape index (κ1) is 16.4. The van der Waals surface area contributed by atoms with Gasteiger partial charge in [0, 0.05) is 16.6 Å². The van der Waals surface area contributed by atoms with Crippen molar-refractivity contribution in [1.29, 1.82) is 0 Å². The second kappa shape index (κ2) is 7.41. The molecule has 3 aromatic rings. The summed E-state index contributed by atoms with van der Waals surface area (Å²) in [5, 5.41) is 5.76. The highest BCUT2D eigenvalue weighted by molar-refractivity contribution is 7.10. The Labute approximate surface area is 146 Å². The Hall–Kier alpha value is -2.46. The minimum Gasteiger partial charge on any atom is -0.326 e. The molecule has 2 aromatic carbocycles. The van der Waals surface area contributed by atoms with Gasteiger partial charge >= 0.3 is 0 Å². The Balaban J connectivity index is 1.65. The van der Waals surface area contributed by atoms with Crippen LogP contribution in [0.1, 0.15) is 23.1 Å². The second-order valence-corrected chi connectivity index (χ2v) is 6.71. The smallest absolute Gasteiger partial charge is 0.231 e. The molecule has 1 amide bonds. The van der Waals surface area contributed by atoms with Crippen molar-refractivity contribution in [2.75, 3.05) is 5.32 Å². The molecule has 0 unspecified atom stereocenters. The van der Waals surface area contributed by atoms with Crippen LogP contribution < -0.4 is 5.32 Å². The van der Waals surface area contributed by atoms with Gasteiger partial charge in [-0.1, -0.05) is 43.3 Å². The summed E-state index contributed by atoms with van der Waals surface area (Å²) in [5.41, 5.74) is 5.29. The second-order valence-electron chi connectivity index (χ2n) is 5.77. The van der Waals surface area contributed by atoms with Gasteiger partial charge in [-0.25, -0.2) is 4.98 Å². The number of carbonyl (C=O) groups is 1. The molecule has 3 rings (SSSR count). The van der Waals surface area contributed by atoms with Crippen LogP contribution in [0.25, 0.3) is 11.3 Å². The summed E-state index contributed by atoms with van der Waals surface area (Å²) >= 11 is 1.52. The normalized spacial score (nSPS) is 10.6. The van der Waals surface area contributed by atoms with Crippen molar-refractivity contribution in [1.82, 2.24) is 4.98 Å². The van der Waals surface area contributed by atoms with Crippen LogP contribution in [0.3, 0.4) is 0 Å². The number of thiazole rings is 1. The van der Waals surface area contributed by atoms with Crippen molar-refractivity contribution in [3.63, 3.8) is 0 Å². The highest BCUT2D eigenvalue weighted by Gasteiger charge is 2.09. The van der Waals surface area contributed by atoms with E-state index in [0.717, 1.165) is 33.9 Å². The first-order valence-corrected chi connectivity index (χ1v) is 8.92. The molecule has 122 valence electrons. The third kappa shape index (κ3) is 4.09. The molecule has 1 N–H and O–H groups in total. The summed E-state index contributed by atoms with van der Waals surface area (Å²) in [7, 11) is 0. The van der Waals surface area contributed by atoms with E-state index in [-0.39, 0.29) is 5.91 Å². The molecular formula is C20H20N2OS. The largest absolute Gasteiger partial charge is 0.326 e. The Bertz CT molecular complexity index is 837. The van der Waals surface area contributed by atoms with Gasteiger partial charge in [-0.3, -0.25) is 4.79 Å². The fourth-order valence-corrected chi connectivity index (χ4v) is 3.30. The lowest BCUT2D eigenvalue weighted by molar-refractivity contribution is -0.115. The zero-order valence-corrected chi connectivity index (χ0v) is 14.7. The number of amides is 1. The fraction of sp³-hybridized carbons (Fsp3) is 0.200. The third-order valence-electron chi connectivity index (χ3n) is 3.82. The number of aryl methyl sites for hydroxylation is 2. The molecule has 4 heteroatoms. The maximum Gasteiger partial charge on any atom is 0.231 e. The molecule has 0 spiro atoms. The Morgan fingerprint density at radius 2 is 1.96 bits per heavy atom. The minimum atomic E-state index is -0.0390. The molecule has 0 fully saturated rings. The molecule has 0 saturated heterocycles. The van der Waals surface area contributed by atoms with E-state index in [4.69, 9.17) is 0 Å². The number of hydrogen-bond acceptors (Lipinski definition) is 3. The Kier molecular flexibility index (Phi) is 5.06. The molecule has 0 saturated carbocycles. The first-order valence-electron chi connectivity index (χ1n) is 8.04. The summed E-state index contributed by atoms with van der Waals surface area (Å²) in [6.45, 7) is 4.15. The molecule has 0 aliphatic heterocycles. The van der Waals surface area contributed by atoms with E-state index in [1.54, 1.807) is 0 Å². The SMILES string of the molecule is CCc1ccc(-c2csc(CC(=O)Nc3cccc(C)c3)n2)cc1. The maximum atomic E-state index is 12.2. The number of nitrogens with one attached hydrogen (secondary N) is 1. The predicted octanol–water partition coefficient (Wildman–Crippen LogP) is 4.86. The number of benzene rings is 2. The van der Waals surface area contributed by atoms with Gasteiger partial charge in [-0.05, 0) is 36.6 Å². The monoisotopic (exact) mass is 336 g/mol. The molecule has 3 nitrogen and oxygen atoms in total. The molecule has 0 aliphatic rings. The number of hydrogen-bond donors (Lipinski definition) is 1. The average Bonchev–Trinajstić information content (AvgIpc) is 3.03. The van der Waals surface area contributed by atoms with E-state index in [1.807, 2.05) is 36.6 Å². The molecule has 0 atom stereocenters. The lowest BCUT2D eigenvalue weighted by Crippen LogP contribution is -2.14. The van der Waals surface area contributed by atoms with Crippen LogP contribution in [-0.2, 0) is 17.6 Å². The van der Waals surface area contributed by atoms with Crippen LogP contribution in [0.4, 0.5) is 5.69 Å². The number of aromatic nitrogens is 1. The zero-order chi connectivity index (χ0) is 16.9. The summed E-state index contributed by atoms with van der Waals surface area (Å²) in [5.74, 6) is -0.0390. The summed E-state index contributed by atoms with van der Waals surface area (Å²) in [4.78, 5) is 16.8. The Morgan fingerprint density at radius 1 is 1.17 bits per heavy atom. The van der Waals surface area contributed by atoms with E-state index >= 15 is 0 Å². The van der Waals surface area contributed by atoms with Gasteiger partial charge in [0.1, 0.15) is 5.01 Å². The van der Waals surface area contributed by atoms with Crippen LogP contribution in [0.5, 0.6) is 0 Å². The minimum absolute atomic E-state index is 0.0390. The van der Waals surface area contributed by atoms with Gasteiger partial charge in [0.25, 0.3) is 0 Å². The van der Waals surface area contributed by atoms with Crippen LogP contribution in [0.2, 0.25) is 0 Å². The average molecular weight is 336 g/mol. The van der Waals surface area contributed by atoms with Crippen molar-refractivity contribution in [2.45, 2.75) is 26.7 Å². The number of nitrogens with zero attached hydrogens (tertiary/aromatic N) is 1. The highest BCUT2D eigenvalue weighted by atomic mass is 32.1. The van der Waals surface area contributed by atoms with Gasteiger partial charge in [0.15, 0.2) is 0 Å². The predicted molar refractivity (Wildman–Crippen MR) is 100 cm³/mol. The lowest BCUT2D eigenvalue weighted by atomic mass is 10.1. The number of rotatable bonds is 5. The molecule has 0 bridgehead atoms. The molecule has 1 aromatic heterocycles. The lowest BCUT2D eigenvalue weighted by Gasteiger charge is -2.04. The zero-order valence-electron chi connectivity index (χ0n) is 13.9. The van der Waals surface area contributed by atoms with Gasteiger partial charge in [0.2, 0.25) is 5.91 Å². The van der Waals surface area contributed by atoms with E-state index in [1.165, 1.54) is 16.9 Å². The van der Waals surface area contributed by atoms with Gasteiger partial charge in [0.05, 0.1) is 12.1 Å². The van der Waals surface area contributed by atoms with Crippen molar-refractivity contribution >= 4 is 22.9 Å². The van der Waals surface area contributed by atoms with Crippen molar-refractivity contribution in [2.24, 2.45) is 0 Å². The van der Waals surface area contributed by atoms with E-state index in [2.05, 4.69) is 41.5 Å². The fourth-order valence-electron chi connectivity index (χ4n) is 2.50. The Morgan fingerprint density at radius 3 is 2.67 bits per heavy atom. The van der Waals surface area contributed by atoms with Crippen molar-refractivity contribution in [3.8, 4) is 11.3 Å². The molecular weight excluding hydrogens is 316 g/mol.